The summed E-state index contributed by atoms with van der Waals surface area (Å²) >= 11 is 5.82. The summed E-state index contributed by atoms with van der Waals surface area (Å²) in [6, 6.07) is 11.4. The fourth-order valence-corrected chi connectivity index (χ4v) is 1.78. The first-order valence-corrected chi connectivity index (χ1v) is 6.38. The molecule has 0 aliphatic heterocycles. The molecule has 1 atom stereocenters. The minimum absolute atomic E-state index is 0.0647. The van der Waals surface area contributed by atoms with E-state index in [1.54, 1.807) is 6.07 Å². The average molecular weight is 263 g/mol. The van der Waals surface area contributed by atoms with Gasteiger partial charge in [-0.1, -0.05) is 24.3 Å². The molecule has 0 saturated carbocycles. The van der Waals surface area contributed by atoms with Gasteiger partial charge >= 0.3 is 0 Å². The monoisotopic (exact) mass is 262 g/mol. The number of carbonyl (C=O) groups excluding carboxylic acids is 1. The summed E-state index contributed by atoms with van der Waals surface area (Å²) < 4.78 is 0. The highest BCUT2D eigenvalue weighted by Gasteiger charge is 2.07. The molecule has 0 spiro atoms. The molecule has 3 nitrogen and oxygen atoms in total. The predicted molar refractivity (Wildman–Crippen MR) is 74.0 cm³/mol. The highest BCUT2D eigenvalue weighted by Crippen LogP contribution is 2.11. The van der Waals surface area contributed by atoms with Crippen molar-refractivity contribution in [3.63, 3.8) is 0 Å². The second-order valence-corrected chi connectivity index (χ2v) is 4.96. The number of aromatic nitrogens is 1. The molecule has 1 aromatic heterocycles. The number of rotatable bonds is 4. The Hall–Kier alpha value is -1.61. The van der Waals surface area contributed by atoms with Crippen molar-refractivity contribution in [1.82, 2.24) is 10.3 Å². The SMILES string of the molecule is CC(Cl)CCNC(=O)c1ccc2ccccc2n1. The molecule has 2 aromatic rings. The summed E-state index contributed by atoms with van der Waals surface area (Å²) in [6.07, 6.45) is 0.751. The Morgan fingerprint density at radius 2 is 2.11 bits per heavy atom. The molecule has 94 valence electrons. The molecule has 4 heteroatoms. The Morgan fingerprint density at radius 3 is 2.89 bits per heavy atom. The van der Waals surface area contributed by atoms with Crippen LogP contribution in [0.2, 0.25) is 0 Å². The molecular weight excluding hydrogens is 248 g/mol. The minimum atomic E-state index is -0.155. The third kappa shape index (κ3) is 3.20. The number of carbonyl (C=O) groups is 1. The van der Waals surface area contributed by atoms with Crippen molar-refractivity contribution in [2.45, 2.75) is 18.7 Å². The Labute approximate surface area is 111 Å². The number of fused-ring (bicyclic) bond motifs is 1. The van der Waals surface area contributed by atoms with Crippen molar-refractivity contribution in [3.8, 4) is 0 Å². The Bertz CT molecular complexity index is 554. The molecule has 0 saturated heterocycles. The number of para-hydroxylation sites is 1. The fourth-order valence-electron chi connectivity index (χ4n) is 1.67. The van der Waals surface area contributed by atoms with Gasteiger partial charge in [0.15, 0.2) is 0 Å². The molecule has 1 amide bonds. The van der Waals surface area contributed by atoms with E-state index in [1.807, 2.05) is 37.3 Å². The second kappa shape index (κ2) is 5.83. The van der Waals surface area contributed by atoms with Gasteiger partial charge < -0.3 is 5.32 Å². The molecular formula is C14H15ClN2O. The van der Waals surface area contributed by atoms with E-state index in [0.717, 1.165) is 17.3 Å². The maximum absolute atomic E-state index is 11.9. The lowest BCUT2D eigenvalue weighted by atomic mass is 10.2. The molecule has 18 heavy (non-hydrogen) atoms. The molecule has 0 aliphatic carbocycles. The molecule has 0 fully saturated rings. The molecule has 1 unspecified atom stereocenters. The summed E-state index contributed by atoms with van der Waals surface area (Å²) in [5, 5.41) is 3.90. The zero-order valence-corrected chi connectivity index (χ0v) is 10.9. The second-order valence-electron chi connectivity index (χ2n) is 4.21. The van der Waals surface area contributed by atoms with Gasteiger partial charge in [0.25, 0.3) is 5.91 Å². The van der Waals surface area contributed by atoms with Gasteiger partial charge in [-0.25, -0.2) is 4.98 Å². The van der Waals surface area contributed by atoms with Gasteiger partial charge in [0, 0.05) is 17.3 Å². The number of nitrogens with zero attached hydrogens (tertiary/aromatic N) is 1. The quantitative estimate of drug-likeness (QED) is 0.861. The van der Waals surface area contributed by atoms with Crippen LogP contribution in [0, 0.1) is 0 Å². The average Bonchev–Trinajstić information content (AvgIpc) is 2.37. The zero-order valence-electron chi connectivity index (χ0n) is 10.2. The van der Waals surface area contributed by atoms with Crippen molar-refractivity contribution in [3.05, 3.63) is 42.1 Å². The Kier molecular flexibility index (Phi) is 4.15. The molecule has 1 N–H and O–H groups in total. The largest absolute Gasteiger partial charge is 0.351 e. The van der Waals surface area contributed by atoms with Crippen LogP contribution in [-0.2, 0) is 0 Å². The van der Waals surface area contributed by atoms with Crippen molar-refractivity contribution >= 4 is 28.4 Å². The van der Waals surface area contributed by atoms with Gasteiger partial charge in [0.05, 0.1) is 5.52 Å². The van der Waals surface area contributed by atoms with E-state index in [0.29, 0.717) is 12.2 Å². The predicted octanol–water partition coefficient (Wildman–Crippen LogP) is 2.98. The number of alkyl halides is 1. The lowest BCUT2D eigenvalue weighted by Gasteiger charge is -2.06. The van der Waals surface area contributed by atoms with Crippen molar-refractivity contribution in [1.29, 1.82) is 0 Å². The van der Waals surface area contributed by atoms with Crippen LogP contribution in [0.4, 0.5) is 0 Å². The van der Waals surface area contributed by atoms with Gasteiger partial charge in [0.1, 0.15) is 5.69 Å². The minimum Gasteiger partial charge on any atom is -0.351 e. The standard InChI is InChI=1S/C14H15ClN2O/c1-10(15)8-9-16-14(18)13-7-6-11-4-2-3-5-12(11)17-13/h2-7,10H,8-9H2,1H3,(H,16,18). The Balaban J connectivity index is 2.08. The molecule has 0 radical (unpaired) electrons. The zero-order chi connectivity index (χ0) is 13.0. The molecule has 0 aliphatic rings. The van der Waals surface area contributed by atoms with Crippen LogP contribution in [0.15, 0.2) is 36.4 Å². The van der Waals surface area contributed by atoms with Crippen LogP contribution >= 0.6 is 11.6 Å². The number of amides is 1. The van der Waals surface area contributed by atoms with Crippen molar-refractivity contribution in [2.75, 3.05) is 6.54 Å². The molecule has 2 rings (SSSR count). The summed E-state index contributed by atoms with van der Waals surface area (Å²) in [5.41, 5.74) is 1.27. The van der Waals surface area contributed by atoms with Crippen LogP contribution in [0.3, 0.4) is 0 Å². The van der Waals surface area contributed by atoms with Crippen LogP contribution in [0.5, 0.6) is 0 Å². The van der Waals surface area contributed by atoms with E-state index in [1.165, 1.54) is 0 Å². The van der Waals surface area contributed by atoms with Crippen LogP contribution < -0.4 is 5.32 Å². The maximum Gasteiger partial charge on any atom is 0.269 e. The van der Waals surface area contributed by atoms with Crippen molar-refractivity contribution < 1.29 is 4.79 Å². The number of hydrogen-bond acceptors (Lipinski definition) is 2. The molecule has 0 bridgehead atoms. The third-order valence-electron chi connectivity index (χ3n) is 2.66. The normalized spacial score (nSPS) is 12.3. The van der Waals surface area contributed by atoms with Crippen LogP contribution in [0.1, 0.15) is 23.8 Å². The van der Waals surface area contributed by atoms with Crippen LogP contribution in [0.25, 0.3) is 10.9 Å². The lowest BCUT2D eigenvalue weighted by Crippen LogP contribution is -2.26. The number of benzene rings is 1. The van der Waals surface area contributed by atoms with Gasteiger partial charge in [0.2, 0.25) is 0 Å². The number of halogens is 1. The van der Waals surface area contributed by atoms with Gasteiger partial charge in [-0.15, -0.1) is 11.6 Å². The van der Waals surface area contributed by atoms with E-state index >= 15 is 0 Å². The maximum atomic E-state index is 11.9. The van der Waals surface area contributed by atoms with E-state index in [-0.39, 0.29) is 11.3 Å². The highest BCUT2D eigenvalue weighted by molar-refractivity contribution is 6.20. The Morgan fingerprint density at radius 1 is 1.33 bits per heavy atom. The smallest absolute Gasteiger partial charge is 0.269 e. The van der Waals surface area contributed by atoms with Gasteiger partial charge in [-0.05, 0) is 25.5 Å². The van der Waals surface area contributed by atoms with E-state index in [9.17, 15) is 4.79 Å². The van der Waals surface area contributed by atoms with Crippen LogP contribution in [-0.4, -0.2) is 22.8 Å². The lowest BCUT2D eigenvalue weighted by molar-refractivity contribution is 0.0948. The summed E-state index contributed by atoms with van der Waals surface area (Å²) in [4.78, 5) is 16.2. The third-order valence-corrected chi connectivity index (χ3v) is 2.88. The first-order valence-electron chi connectivity index (χ1n) is 5.95. The van der Waals surface area contributed by atoms with Crippen molar-refractivity contribution in [2.24, 2.45) is 0 Å². The summed E-state index contributed by atoms with van der Waals surface area (Å²) in [7, 11) is 0. The van der Waals surface area contributed by atoms with Gasteiger partial charge in [-0.3, -0.25) is 4.79 Å². The van der Waals surface area contributed by atoms with Gasteiger partial charge in [-0.2, -0.15) is 0 Å². The summed E-state index contributed by atoms with van der Waals surface area (Å²) in [6.45, 7) is 2.47. The fraction of sp³-hybridized carbons (Fsp3) is 0.286. The summed E-state index contributed by atoms with van der Waals surface area (Å²) in [5.74, 6) is -0.155. The molecule has 1 aromatic carbocycles. The van der Waals surface area contributed by atoms with E-state index < -0.39 is 0 Å². The topological polar surface area (TPSA) is 42.0 Å². The van der Waals surface area contributed by atoms with E-state index in [4.69, 9.17) is 11.6 Å². The highest BCUT2D eigenvalue weighted by atomic mass is 35.5. The molecule has 1 heterocycles. The first-order chi connectivity index (χ1) is 8.66. The number of pyridine rings is 1. The number of hydrogen-bond donors (Lipinski definition) is 1. The number of nitrogens with one attached hydrogen (secondary N) is 1. The first kappa shape index (κ1) is 12.8. The van der Waals surface area contributed by atoms with E-state index in [2.05, 4.69) is 10.3 Å².